The molecule has 2 nitrogen and oxygen atoms in total. The van der Waals surface area contributed by atoms with Crippen LogP contribution in [-0.4, -0.2) is 22.6 Å². The summed E-state index contributed by atoms with van der Waals surface area (Å²) in [5.74, 6) is 1.62. The summed E-state index contributed by atoms with van der Waals surface area (Å²) in [5.41, 5.74) is 5.80. The molecule has 1 heterocycles. The maximum absolute atomic E-state index is 11.0. The molecule has 4 heteroatoms. The van der Waals surface area contributed by atoms with Crippen molar-refractivity contribution in [1.82, 2.24) is 0 Å². The highest BCUT2D eigenvalue weighted by molar-refractivity contribution is 8.18. The quantitative estimate of drug-likeness (QED) is 0.575. The topological polar surface area (TPSA) is 37.3 Å². The molecule has 0 amide bonds. The zero-order chi connectivity index (χ0) is 19.8. The average molecular weight is 411 g/mol. The molecule has 0 aromatic heterocycles. The van der Waals surface area contributed by atoms with Gasteiger partial charge in [0, 0.05) is 0 Å². The molecule has 2 aromatic carbocycles. The molecule has 1 aliphatic carbocycles. The number of carboxylic acid groups (broad SMARTS) is 1. The predicted octanol–water partition coefficient (Wildman–Crippen LogP) is 6.65. The summed E-state index contributed by atoms with van der Waals surface area (Å²) >= 11 is 4.28. The van der Waals surface area contributed by atoms with E-state index in [0.29, 0.717) is 5.56 Å². The summed E-state index contributed by atoms with van der Waals surface area (Å²) in [4.78, 5) is 11.0. The molecule has 0 saturated carbocycles. The second-order valence-electron chi connectivity index (χ2n) is 8.25. The minimum Gasteiger partial charge on any atom is -0.478 e. The standard InChI is InChI=1S/C24H26O2S2/c1-23(2)12-13-24(27-14-3-15-28-24)21-16-18(8-11-20(21)23)5-4-17-6-9-19(10-7-17)22(25)26/h4-11,16H,3,12-15H2,1-2H3,(H,25,26). The molecule has 1 spiro atoms. The lowest BCUT2D eigenvalue weighted by atomic mass is 9.72. The van der Waals surface area contributed by atoms with Crippen LogP contribution in [0.15, 0.2) is 42.5 Å². The van der Waals surface area contributed by atoms with Gasteiger partial charge in [0.15, 0.2) is 0 Å². The van der Waals surface area contributed by atoms with Crippen LogP contribution in [0.5, 0.6) is 0 Å². The highest BCUT2D eigenvalue weighted by atomic mass is 32.2. The van der Waals surface area contributed by atoms with Gasteiger partial charge in [0.1, 0.15) is 0 Å². The predicted molar refractivity (Wildman–Crippen MR) is 122 cm³/mol. The Labute approximate surface area is 175 Å². The van der Waals surface area contributed by atoms with E-state index in [0.717, 1.165) is 5.56 Å². The maximum Gasteiger partial charge on any atom is 0.335 e. The third-order valence-electron chi connectivity index (χ3n) is 5.85. The van der Waals surface area contributed by atoms with E-state index in [1.165, 1.54) is 47.5 Å². The number of hydrogen-bond acceptors (Lipinski definition) is 3. The molecule has 0 radical (unpaired) electrons. The van der Waals surface area contributed by atoms with Gasteiger partial charge >= 0.3 is 5.97 Å². The fraction of sp³-hybridized carbons (Fsp3) is 0.375. The van der Waals surface area contributed by atoms with Gasteiger partial charge in [0.05, 0.1) is 9.64 Å². The number of thioether (sulfide) groups is 2. The van der Waals surface area contributed by atoms with Crippen molar-refractivity contribution >= 4 is 41.6 Å². The zero-order valence-corrected chi connectivity index (χ0v) is 18.0. The number of rotatable bonds is 3. The van der Waals surface area contributed by atoms with E-state index < -0.39 is 5.97 Å². The third kappa shape index (κ3) is 3.77. The smallest absolute Gasteiger partial charge is 0.335 e. The molecule has 2 aliphatic rings. The van der Waals surface area contributed by atoms with Crippen molar-refractivity contribution < 1.29 is 9.90 Å². The molecule has 1 N–H and O–H groups in total. The number of carbonyl (C=O) groups is 1. The van der Waals surface area contributed by atoms with E-state index in [4.69, 9.17) is 5.11 Å². The van der Waals surface area contributed by atoms with Gasteiger partial charge in [-0.15, -0.1) is 23.5 Å². The van der Waals surface area contributed by atoms with Crippen LogP contribution in [0.2, 0.25) is 0 Å². The van der Waals surface area contributed by atoms with E-state index in [2.05, 4.69) is 67.7 Å². The maximum atomic E-state index is 11.0. The van der Waals surface area contributed by atoms with Gasteiger partial charge in [-0.25, -0.2) is 4.79 Å². The monoisotopic (exact) mass is 410 g/mol. The van der Waals surface area contributed by atoms with Gasteiger partial charge in [-0.05, 0) is 76.6 Å². The van der Waals surface area contributed by atoms with Crippen LogP contribution in [0.25, 0.3) is 12.2 Å². The largest absolute Gasteiger partial charge is 0.478 e. The fourth-order valence-corrected chi connectivity index (χ4v) is 7.52. The fourth-order valence-electron chi connectivity index (χ4n) is 4.12. The van der Waals surface area contributed by atoms with Crippen molar-refractivity contribution in [3.8, 4) is 0 Å². The Morgan fingerprint density at radius 3 is 2.25 bits per heavy atom. The summed E-state index contributed by atoms with van der Waals surface area (Å²) < 4.78 is 0.218. The van der Waals surface area contributed by atoms with E-state index in [1.54, 1.807) is 12.1 Å². The number of fused-ring (bicyclic) bond motifs is 2. The molecule has 1 aliphatic heterocycles. The molecule has 2 aromatic rings. The number of hydrogen-bond donors (Lipinski definition) is 1. The highest BCUT2D eigenvalue weighted by Gasteiger charge is 2.44. The zero-order valence-electron chi connectivity index (χ0n) is 16.4. The molecule has 146 valence electrons. The Morgan fingerprint density at radius 1 is 0.929 bits per heavy atom. The molecule has 1 saturated heterocycles. The SMILES string of the molecule is CC1(C)CCC2(SCCCS2)c2cc(C=Cc3ccc(C(=O)O)cc3)ccc21. The first-order valence-electron chi connectivity index (χ1n) is 9.84. The van der Waals surface area contributed by atoms with Gasteiger partial charge in [-0.3, -0.25) is 0 Å². The molecule has 4 rings (SSSR count). The van der Waals surface area contributed by atoms with Gasteiger partial charge < -0.3 is 5.11 Å². The van der Waals surface area contributed by atoms with Gasteiger partial charge in [-0.1, -0.05) is 50.3 Å². The van der Waals surface area contributed by atoms with Crippen LogP contribution in [0.1, 0.15) is 65.7 Å². The number of aromatic carboxylic acids is 1. The molecule has 1 fully saturated rings. The Bertz CT molecular complexity index is 907. The van der Waals surface area contributed by atoms with Crippen LogP contribution in [0.3, 0.4) is 0 Å². The van der Waals surface area contributed by atoms with Crippen molar-refractivity contribution in [3.63, 3.8) is 0 Å². The Kier molecular flexibility index (Phi) is 5.36. The number of benzene rings is 2. The Morgan fingerprint density at radius 2 is 1.57 bits per heavy atom. The van der Waals surface area contributed by atoms with Crippen molar-refractivity contribution in [2.75, 3.05) is 11.5 Å². The van der Waals surface area contributed by atoms with Gasteiger partial charge in [0.2, 0.25) is 0 Å². The second-order valence-corrected chi connectivity index (χ2v) is 11.3. The van der Waals surface area contributed by atoms with Gasteiger partial charge in [-0.2, -0.15) is 0 Å². The van der Waals surface area contributed by atoms with E-state index in [1.807, 2.05) is 12.1 Å². The van der Waals surface area contributed by atoms with E-state index in [9.17, 15) is 4.79 Å². The van der Waals surface area contributed by atoms with Crippen LogP contribution < -0.4 is 0 Å². The summed E-state index contributed by atoms with van der Waals surface area (Å²) in [7, 11) is 0. The summed E-state index contributed by atoms with van der Waals surface area (Å²) in [6.07, 6.45) is 8.00. The second kappa shape index (κ2) is 7.64. The lowest BCUT2D eigenvalue weighted by molar-refractivity contribution is 0.0697. The van der Waals surface area contributed by atoms with E-state index in [-0.39, 0.29) is 9.49 Å². The van der Waals surface area contributed by atoms with Gasteiger partial charge in [0.25, 0.3) is 0 Å². The normalized spacial score (nSPS) is 20.2. The van der Waals surface area contributed by atoms with Crippen molar-refractivity contribution in [3.05, 3.63) is 70.3 Å². The number of carboxylic acids is 1. The van der Waals surface area contributed by atoms with Crippen molar-refractivity contribution in [2.45, 2.75) is 42.6 Å². The Hall–Kier alpha value is -1.65. The van der Waals surface area contributed by atoms with Crippen LogP contribution >= 0.6 is 23.5 Å². The minimum absolute atomic E-state index is 0.218. The van der Waals surface area contributed by atoms with E-state index >= 15 is 0 Å². The van der Waals surface area contributed by atoms with Crippen LogP contribution in [0.4, 0.5) is 0 Å². The van der Waals surface area contributed by atoms with Crippen molar-refractivity contribution in [2.24, 2.45) is 0 Å². The first-order chi connectivity index (χ1) is 13.4. The first kappa shape index (κ1) is 19.7. The lowest BCUT2D eigenvalue weighted by Crippen LogP contribution is -2.35. The van der Waals surface area contributed by atoms with Crippen LogP contribution in [-0.2, 0) is 9.49 Å². The first-order valence-corrected chi connectivity index (χ1v) is 11.8. The summed E-state index contributed by atoms with van der Waals surface area (Å²) in [5, 5.41) is 9.04. The molecule has 0 bridgehead atoms. The average Bonchev–Trinajstić information content (AvgIpc) is 2.71. The van der Waals surface area contributed by atoms with Crippen molar-refractivity contribution in [1.29, 1.82) is 0 Å². The summed E-state index contributed by atoms with van der Waals surface area (Å²) in [6.45, 7) is 4.74. The minimum atomic E-state index is -0.888. The third-order valence-corrected chi connectivity index (χ3v) is 9.32. The molecule has 0 unspecified atom stereocenters. The Balaban J connectivity index is 1.66. The molecule has 0 atom stereocenters. The molecular formula is C24H26O2S2. The molecule has 28 heavy (non-hydrogen) atoms. The lowest BCUT2D eigenvalue weighted by Gasteiger charge is -2.46. The molecular weight excluding hydrogens is 384 g/mol. The highest BCUT2D eigenvalue weighted by Crippen LogP contribution is 2.59. The van der Waals surface area contributed by atoms with Crippen LogP contribution in [0, 0.1) is 0 Å². The summed E-state index contributed by atoms with van der Waals surface area (Å²) in [6, 6.07) is 14.0.